The quantitative estimate of drug-likeness (QED) is 0.862. The molecule has 0 aromatic heterocycles. The number of primary amides is 1. The van der Waals surface area contributed by atoms with Gasteiger partial charge in [-0.2, -0.15) is 0 Å². The Morgan fingerprint density at radius 1 is 1.40 bits per heavy atom. The molecule has 108 valence electrons. The molecule has 0 radical (unpaired) electrons. The van der Waals surface area contributed by atoms with Crippen molar-refractivity contribution < 1.29 is 14.7 Å². The van der Waals surface area contributed by atoms with Gasteiger partial charge in [0.2, 0.25) is 5.91 Å². The van der Waals surface area contributed by atoms with Crippen LogP contribution in [0.15, 0.2) is 22.7 Å². The second kappa shape index (κ2) is 5.83. The fourth-order valence-corrected chi connectivity index (χ4v) is 2.81. The lowest BCUT2D eigenvalue weighted by atomic mass is 9.92. The van der Waals surface area contributed by atoms with E-state index >= 15 is 0 Å². The van der Waals surface area contributed by atoms with Crippen LogP contribution in [0.25, 0.3) is 0 Å². The molecule has 5 nitrogen and oxygen atoms in total. The number of phenols is 1. The summed E-state index contributed by atoms with van der Waals surface area (Å²) in [5, 5.41) is 9.88. The van der Waals surface area contributed by atoms with Crippen LogP contribution in [0.5, 0.6) is 5.75 Å². The van der Waals surface area contributed by atoms with Gasteiger partial charge in [0.1, 0.15) is 5.75 Å². The normalized spacial score (nSPS) is 22.6. The Bertz CT molecular complexity index is 547. The molecule has 1 aromatic rings. The van der Waals surface area contributed by atoms with E-state index in [0.717, 1.165) is 6.42 Å². The molecule has 0 aliphatic carbocycles. The molecule has 2 amide bonds. The van der Waals surface area contributed by atoms with Gasteiger partial charge in [0, 0.05) is 17.1 Å². The maximum absolute atomic E-state index is 12.5. The number of nitrogens with zero attached hydrogens (tertiary/aromatic N) is 1. The van der Waals surface area contributed by atoms with Crippen molar-refractivity contribution in [2.24, 2.45) is 11.7 Å². The van der Waals surface area contributed by atoms with Crippen LogP contribution in [0, 0.1) is 5.92 Å². The number of hydrogen-bond donors (Lipinski definition) is 2. The molecule has 1 aliphatic heterocycles. The highest BCUT2D eigenvalue weighted by molar-refractivity contribution is 9.10. The van der Waals surface area contributed by atoms with Crippen molar-refractivity contribution in [1.82, 2.24) is 4.90 Å². The largest absolute Gasteiger partial charge is 0.507 e. The first-order chi connectivity index (χ1) is 9.40. The summed E-state index contributed by atoms with van der Waals surface area (Å²) < 4.78 is 0.702. The summed E-state index contributed by atoms with van der Waals surface area (Å²) in [6, 6.07) is 4.78. The predicted octanol–water partition coefficient (Wildman–Crippen LogP) is 1.88. The van der Waals surface area contributed by atoms with Gasteiger partial charge in [0.15, 0.2) is 0 Å². The Kier molecular flexibility index (Phi) is 4.32. The van der Waals surface area contributed by atoms with Gasteiger partial charge in [0.05, 0.1) is 11.5 Å². The number of carbonyl (C=O) groups excluding carboxylic acids is 2. The lowest BCUT2D eigenvalue weighted by Gasteiger charge is -2.37. The maximum Gasteiger partial charge on any atom is 0.257 e. The predicted molar refractivity (Wildman–Crippen MR) is 78.2 cm³/mol. The minimum atomic E-state index is -0.380. The van der Waals surface area contributed by atoms with E-state index in [2.05, 4.69) is 15.9 Å². The van der Waals surface area contributed by atoms with Gasteiger partial charge in [-0.15, -0.1) is 0 Å². The smallest absolute Gasteiger partial charge is 0.257 e. The third-order valence-corrected chi connectivity index (χ3v) is 4.23. The molecule has 0 bridgehead atoms. The third kappa shape index (κ3) is 2.95. The topological polar surface area (TPSA) is 83.6 Å². The molecule has 1 aromatic carbocycles. The number of nitrogens with two attached hydrogens (primary N) is 1. The zero-order valence-corrected chi connectivity index (χ0v) is 12.8. The van der Waals surface area contributed by atoms with Gasteiger partial charge >= 0.3 is 0 Å². The van der Waals surface area contributed by atoms with Crippen molar-refractivity contribution in [3.05, 3.63) is 28.2 Å². The van der Waals surface area contributed by atoms with Crippen LogP contribution in [-0.4, -0.2) is 34.4 Å². The van der Waals surface area contributed by atoms with Crippen LogP contribution in [-0.2, 0) is 4.79 Å². The molecule has 1 aliphatic rings. The lowest BCUT2D eigenvalue weighted by molar-refractivity contribution is -0.123. The molecule has 0 spiro atoms. The molecule has 3 N–H and O–H groups in total. The molecule has 2 atom stereocenters. The van der Waals surface area contributed by atoms with Crippen LogP contribution in [0.1, 0.15) is 30.1 Å². The van der Waals surface area contributed by atoms with Crippen LogP contribution in [0.4, 0.5) is 0 Å². The van der Waals surface area contributed by atoms with Crippen LogP contribution >= 0.6 is 15.9 Å². The number of hydrogen-bond acceptors (Lipinski definition) is 3. The number of aromatic hydroxyl groups is 1. The summed E-state index contributed by atoms with van der Waals surface area (Å²) in [4.78, 5) is 25.4. The number of phenolic OH excluding ortho intramolecular Hbond substituents is 1. The number of benzene rings is 1. The second-order valence-electron chi connectivity index (χ2n) is 5.14. The van der Waals surface area contributed by atoms with Crippen molar-refractivity contribution in [3.63, 3.8) is 0 Å². The number of amides is 2. The number of rotatable bonds is 2. The number of piperidine rings is 1. The molecule has 1 saturated heterocycles. The molecule has 2 unspecified atom stereocenters. The van der Waals surface area contributed by atoms with Gasteiger partial charge in [0.25, 0.3) is 5.91 Å². The number of likely N-dealkylation sites (tertiary alicyclic amines) is 1. The molecular formula is C14H17BrN2O3. The Balaban J connectivity index is 2.24. The van der Waals surface area contributed by atoms with E-state index in [9.17, 15) is 14.7 Å². The van der Waals surface area contributed by atoms with Crippen molar-refractivity contribution in [3.8, 4) is 5.75 Å². The van der Waals surface area contributed by atoms with Gasteiger partial charge in [-0.3, -0.25) is 9.59 Å². The number of halogens is 1. The molecule has 20 heavy (non-hydrogen) atoms. The highest BCUT2D eigenvalue weighted by atomic mass is 79.9. The third-order valence-electron chi connectivity index (χ3n) is 3.74. The van der Waals surface area contributed by atoms with E-state index in [-0.39, 0.29) is 35.1 Å². The van der Waals surface area contributed by atoms with Crippen LogP contribution in [0.2, 0.25) is 0 Å². The Morgan fingerprint density at radius 3 is 2.70 bits per heavy atom. The fraction of sp³-hybridized carbons (Fsp3) is 0.429. The van der Waals surface area contributed by atoms with Crippen LogP contribution < -0.4 is 5.73 Å². The van der Waals surface area contributed by atoms with Crippen molar-refractivity contribution >= 4 is 27.7 Å². The van der Waals surface area contributed by atoms with Gasteiger partial charge in [-0.1, -0.05) is 15.9 Å². The minimum absolute atomic E-state index is 0.0288. The average molecular weight is 341 g/mol. The molecule has 0 saturated carbocycles. The highest BCUT2D eigenvalue weighted by Crippen LogP contribution is 2.28. The summed E-state index contributed by atoms with van der Waals surface area (Å²) in [7, 11) is 0. The van der Waals surface area contributed by atoms with E-state index in [1.54, 1.807) is 17.0 Å². The highest BCUT2D eigenvalue weighted by Gasteiger charge is 2.32. The van der Waals surface area contributed by atoms with Crippen molar-refractivity contribution in [1.29, 1.82) is 0 Å². The maximum atomic E-state index is 12.5. The first-order valence-electron chi connectivity index (χ1n) is 6.49. The van der Waals surface area contributed by atoms with E-state index in [0.29, 0.717) is 17.4 Å². The molecule has 6 heteroatoms. The summed E-state index contributed by atoms with van der Waals surface area (Å²) in [6.07, 6.45) is 1.43. The second-order valence-corrected chi connectivity index (χ2v) is 6.06. The summed E-state index contributed by atoms with van der Waals surface area (Å²) >= 11 is 3.24. The standard InChI is InChI=1S/C14H17BrN2O3/c1-8-2-3-9(13(16)19)7-17(8)14(20)11-5-4-10(15)6-12(11)18/h4-6,8-9,18H,2-3,7H2,1H3,(H2,16,19). The number of carbonyl (C=O) groups is 2. The van der Waals surface area contributed by atoms with E-state index < -0.39 is 0 Å². The Labute approximate surface area is 125 Å². The average Bonchev–Trinajstić information content (AvgIpc) is 2.38. The summed E-state index contributed by atoms with van der Waals surface area (Å²) in [5.41, 5.74) is 5.57. The summed E-state index contributed by atoms with van der Waals surface area (Å²) in [5.74, 6) is -1.03. The van der Waals surface area contributed by atoms with E-state index in [1.807, 2.05) is 6.92 Å². The monoisotopic (exact) mass is 340 g/mol. The van der Waals surface area contributed by atoms with Gasteiger partial charge in [-0.25, -0.2) is 0 Å². The first kappa shape index (κ1) is 14.8. The summed E-state index contributed by atoms with van der Waals surface area (Å²) in [6.45, 7) is 2.25. The fourth-order valence-electron chi connectivity index (χ4n) is 2.46. The molecular weight excluding hydrogens is 324 g/mol. The van der Waals surface area contributed by atoms with Crippen LogP contribution in [0.3, 0.4) is 0 Å². The molecule has 1 fully saturated rings. The Morgan fingerprint density at radius 2 is 2.10 bits per heavy atom. The van der Waals surface area contributed by atoms with Gasteiger partial charge in [-0.05, 0) is 38.0 Å². The SMILES string of the molecule is CC1CCC(C(N)=O)CN1C(=O)c1ccc(Br)cc1O. The first-order valence-corrected chi connectivity index (χ1v) is 7.28. The Hall–Kier alpha value is -1.56. The zero-order chi connectivity index (χ0) is 14.9. The minimum Gasteiger partial charge on any atom is -0.507 e. The van der Waals surface area contributed by atoms with E-state index in [4.69, 9.17) is 5.73 Å². The van der Waals surface area contributed by atoms with Crippen molar-refractivity contribution in [2.75, 3.05) is 6.54 Å². The molecule has 2 rings (SSSR count). The van der Waals surface area contributed by atoms with Gasteiger partial charge < -0.3 is 15.7 Å². The molecule has 1 heterocycles. The van der Waals surface area contributed by atoms with E-state index in [1.165, 1.54) is 6.07 Å². The lowest BCUT2D eigenvalue weighted by Crippen LogP contribution is -2.48. The van der Waals surface area contributed by atoms with Crippen molar-refractivity contribution in [2.45, 2.75) is 25.8 Å². The zero-order valence-electron chi connectivity index (χ0n) is 11.2.